The van der Waals surface area contributed by atoms with Crippen molar-refractivity contribution in [2.24, 2.45) is 0 Å². The van der Waals surface area contributed by atoms with Gasteiger partial charge in [-0.25, -0.2) is 0 Å². The number of aryl methyl sites for hydroxylation is 2. The molecule has 0 spiro atoms. The molecule has 0 fully saturated rings. The minimum absolute atomic E-state index is 0.114. The summed E-state index contributed by atoms with van der Waals surface area (Å²) < 4.78 is 5.84. The number of rotatable bonds is 5. The van der Waals surface area contributed by atoms with E-state index in [1.807, 2.05) is 54.6 Å². The molecule has 0 bridgehead atoms. The average Bonchev–Trinajstić information content (AvgIpc) is 2.60. The van der Waals surface area contributed by atoms with E-state index in [4.69, 9.17) is 4.74 Å². The normalized spacial score (nSPS) is 10.1. The second-order valence-corrected chi connectivity index (χ2v) is 6.64. The number of benzene rings is 2. The number of amides is 2. The summed E-state index contributed by atoms with van der Waals surface area (Å²) in [4.78, 5) is 34.1. The van der Waals surface area contributed by atoms with E-state index in [0.29, 0.717) is 9.32 Å². The van der Waals surface area contributed by atoms with Crippen molar-refractivity contribution in [2.75, 3.05) is 6.61 Å². The van der Waals surface area contributed by atoms with Crippen LogP contribution in [0.1, 0.15) is 21.5 Å². The van der Waals surface area contributed by atoms with Gasteiger partial charge in [-0.1, -0.05) is 12.1 Å². The summed E-state index contributed by atoms with van der Waals surface area (Å²) in [6.07, 6.45) is 0. The number of nitrogens with zero attached hydrogens (tertiary/aromatic N) is 1. The highest BCUT2D eigenvalue weighted by atomic mass is 127. The fourth-order valence-electron chi connectivity index (χ4n) is 2.04. The van der Waals surface area contributed by atoms with E-state index < -0.39 is 16.7 Å². The zero-order chi connectivity index (χ0) is 19.3. The molecule has 0 radical (unpaired) electrons. The number of nitro benzene ring substituents is 1. The van der Waals surface area contributed by atoms with Gasteiger partial charge in [-0.05, 0) is 59.7 Å². The van der Waals surface area contributed by atoms with E-state index in [1.165, 1.54) is 18.2 Å². The molecule has 136 valence electrons. The van der Waals surface area contributed by atoms with Gasteiger partial charge in [-0.2, -0.15) is 0 Å². The Labute approximate surface area is 163 Å². The second kappa shape index (κ2) is 8.61. The SMILES string of the molecule is Cc1ccc(C)c(OCC(=O)NNC(=O)c2ccc([N+](=O)[O-])cc2I)c1. The molecule has 0 saturated carbocycles. The van der Waals surface area contributed by atoms with Gasteiger partial charge in [0.25, 0.3) is 17.5 Å². The summed E-state index contributed by atoms with van der Waals surface area (Å²) >= 11 is 1.82. The molecule has 8 nitrogen and oxygen atoms in total. The molecule has 0 aliphatic rings. The molecule has 0 unspecified atom stereocenters. The number of hydrogen-bond donors (Lipinski definition) is 2. The van der Waals surface area contributed by atoms with Gasteiger partial charge in [0.2, 0.25) is 0 Å². The number of hydrogen-bond acceptors (Lipinski definition) is 5. The quantitative estimate of drug-likeness (QED) is 0.398. The Bertz CT molecular complexity index is 869. The summed E-state index contributed by atoms with van der Waals surface area (Å²) in [5.74, 6) is -0.517. The molecule has 0 aliphatic carbocycles. The minimum Gasteiger partial charge on any atom is -0.483 e. The standard InChI is InChI=1S/C17H16IN3O5/c1-10-3-4-11(2)15(7-10)26-9-16(22)19-20-17(23)13-6-5-12(21(24)25)8-14(13)18/h3-8H,9H2,1-2H3,(H,19,22)(H,20,23). The van der Waals surface area contributed by atoms with Crippen LogP contribution in [0.25, 0.3) is 0 Å². The molecule has 0 aliphatic heterocycles. The van der Waals surface area contributed by atoms with Crippen LogP contribution in [0.3, 0.4) is 0 Å². The molecule has 0 aromatic heterocycles. The largest absolute Gasteiger partial charge is 0.483 e. The van der Waals surface area contributed by atoms with Gasteiger partial charge >= 0.3 is 0 Å². The topological polar surface area (TPSA) is 111 Å². The van der Waals surface area contributed by atoms with Crippen molar-refractivity contribution in [1.29, 1.82) is 0 Å². The van der Waals surface area contributed by atoms with Crippen molar-refractivity contribution in [1.82, 2.24) is 10.9 Å². The van der Waals surface area contributed by atoms with Gasteiger partial charge in [0.15, 0.2) is 6.61 Å². The Kier molecular flexibility index (Phi) is 6.50. The molecule has 2 aromatic rings. The number of carbonyl (C=O) groups is 2. The Hall–Kier alpha value is -2.69. The fourth-order valence-corrected chi connectivity index (χ4v) is 2.78. The van der Waals surface area contributed by atoms with Gasteiger partial charge in [0.1, 0.15) is 5.75 Å². The monoisotopic (exact) mass is 469 g/mol. The Morgan fingerprint density at radius 2 is 1.88 bits per heavy atom. The number of ether oxygens (including phenoxy) is 1. The molecule has 2 N–H and O–H groups in total. The minimum atomic E-state index is -0.579. The zero-order valence-electron chi connectivity index (χ0n) is 14.0. The predicted octanol–water partition coefficient (Wildman–Crippen LogP) is 2.66. The van der Waals surface area contributed by atoms with Crippen LogP contribution in [0.5, 0.6) is 5.75 Å². The van der Waals surface area contributed by atoms with E-state index in [1.54, 1.807) is 0 Å². The number of carbonyl (C=O) groups excluding carboxylic acids is 2. The molecular formula is C17H16IN3O5. The van der Waals surface area contributed by atoms with E-state index in [-0.39, 0.29) is 17.9 Å². The molecule has 0 heterocycles. The predicted molar refractivity (Wildman–Crippen MR) is 103 cm³/mol. The van der Waals surface area contributed by atoms with Crippen molar-refractivity contribution < 1.29 is 19.2 Å². The van der Waals surface area contributed by atoms with Crippen LogP contribution >= 0.6 is 22.6 Å². The number of non-ortho nitro benzene ring substituents is 1. The van der Waals surface area contributed by atoms with Gasteiger partial charge in [0, 0.05) is 15.7 Å². The lowest BCUT2D eigenvalue weighted by atomic mass is 10.1. The molecule has 0 atom stereocenters. The Morgan fingerprint density at radius 3 is 2.54 bits per heavy atom. The van der Waals surface area contributed by atoms with Gasteiger partial charge < -0.3 is 4.74 Å². The lowest BCUT2D eigenvalue weighted by Gasteiger charge is -2.11. The first kappa shape index (κ1) is 19.6. The van der Waals surface area contributed by atoms with Crippen molar-refractivity contribution in [2.45, 2.75) is 13.8 Å². The molecule has 2 aromatic carbocycles. The lowest BCUT2D eigenvalue weighted by molar-refractivity contribution is -0.384. The number of halogens is 1. The first-order chi connectivity index (χ1) is 12.3. The maximum Gasteiger partial charge on any atom is 0.276 e. The van der Waals surface area contributed by atoms with Gasteiger partial charge in [-0.3, -0.25) is 30.6 Å². The summed E-state index contributed by atoms with van der Waals surface area (Å²) in [5.41, 5.74) is 6.51. The van der Waals surface area contributed by atoms with E-state index in [2.05, 4.69) is 10.9 Å². The zero-order valence-corrected chi connectivity index (χ0v) is 16.2. The Balaban J connectivity index is 1.90. The van der Waals surface area contributed by atoms with Gasteiger partial charge in [0.05, 0.1) is 10.5 Å². The maximum absolute atomic E-state index is 12.1. The summed E-state index contributed by atoms with van der Waals surface area (Å²) in [6.45, 7) is 3.52. The van der Waals surface area contributed by atoms with E-state index in [0.717, 1.165) is 11.1 Å². The number of hydrazine groups is 1. The average molecular weight is 469 g/mol. The molecule has 9 heteroatoms. The molecule has 26 heavy (non-hydrogen) atoms. The van der Waals surface area contributed by atoms with Crippen LogP contribution < -0.4 is 15.6 Å². The highest BCUT2D eigenvalue weighted by Crippen LogP contribution is 2.20. The smallest absolute Gasteiger partial charge is 0.276 e. The third-order valence-electron chi connectivity index (χ3n) is 3.43. The molecular weight excluding hydrogens is 453 g/mol. The molecule has 0 saturated heterocycles. The van der Waals surface area contributed by atoms with Crippen LogP contribution in [0.15, 0.2) is 36.4 Å². The van der Waals surface area contributed by atoms with Crippen LogP contribution in [0.4, 0.5) is 5.69 Å². The van der Waals surface area contributed by atoms with Crippen molar-refractivity contribution in [3.63, 3.8) is 0 Å². The summed E-state index contributed by atoms with van der Waals surface area (Å²) in [5, 5.41) is 10.7. The Morgan fingerprint density at radius 1 is 1.15 bits per heavy atom. The fraction of sp³-hybridized carbons (Fsp3) is 0.176. The van der Waals surface area contributed by atoms with Crippen molar-refractivity contribution in [3.8, 4) is 5.75 Å². The molecule has 2 amide bonds. The highest BCUT2D eigenvalue weighted by Gasteiger charge is 2.15. The highest BCUT2D eigenvalue weighted by molar-refractivity contribution is 14.1. The van der Waals surface area contributed by atoms with Crippen LogP contribution in [0.2, 0.25) is 0 Å². The third-order valence-corrected chi connectivity index (χ3v) is 4.32. The number of nitrogens with one attached hydrogen (secondary N) is 2. The van der Waals surface area contributed by atoms with E-state index >= 15 is 0 Å². The van der Waals surface area contributed by atoms with Crippen molar-refractivity contribution in [3.05, 3.63) is 66.8 Å². The maximum atomic E-state index is 12.1. The van der Waals surface area contributed by atoms with Crippen LogP contribution in [0, 0.1) is 27.5 Å². The lowest BCUT2D eigenvalue weighted by Crippen LogP contribution is -2.44. The van der Waals surface area contributed by atoms with Crippen molar-refractivity contribution >= 4 is 40.1 Å². The van der Waals surface area contributed by atoms with Crippen LogP contribution in [-0.2, 0) is 4.79 Å². The number of nitro groups is 1. The molecule has 2 rings (SSSR count). The van der Waals surface area contributed by atoms with E-state index in [9.17, 15) is 19.7 Å². The van der Waals surface area contributed by atoms with Crippen LogP contribution in [-0.4, -0.2) is 23.3 Å². The third kappa shape index (κ3) is 5.15. The van der Waals surface area contributed by atoms with Gasteiger partial charge in [-0.15, -0.1) is 0 Å². The first-order valence-electron chi connectivity index (χ1n) is 7.51. The summed E-state index contributed by atoms with van der Waals surface area (Å²) in [6, 6.07) is 9.48. The first-order valence-corrected chi connectivity index (χ1v) is 8.59. The second-order valence-electron chi connectivity index (χ2n) is 5.48. The summed E-state index contributed by atoms with van der Waals surface area (Å²) in [7, 11) is 0.